The number of amides is 1. The highest BCUT2D eigenvalue weighted by Crippen LogP contribution is 2.58. The summed E-state index contributed by atoms with van der Waals surface area (Å²) in [6.07, 6.45) is 4.25. The summed E-state index contributed by atoms with van der Waals surface area (Å²) in [7, 11) is 0. The highest BCUT2D eigenvalue weighted by Gasteiger charge is 2.60. The largest absolute Gasteiger partial charge is 0.317 e. The maximum absolute atomic E-state index is 12.9. The van der Waals surface area contributed by atoms with E-state index in [2.05, 4.69) is 35.3 Å². The molecule has 2 aliphatic heterocycles. The van der Waals surface area contributed by atoms with E-state index in [1.54, 1.807) is 0 Å². The van der Waals surface area contributed by atoms with Gasteiger partial charge in [0.15, 0.2) is 0 Å². The molecule has 1 saturated heterocycles. The number of benzene rings is 1. The van der Waals surface area contributed by atoms with E-state index in [0.717, 1.165) is 38.8 Å². The topological polar surface area (TPSA) is 32.3 Å². The molecule has 3 nitrogen and oxygen atoms in total. The molecular weight excluding hydrogens is 236 g/mol. The summed E-state index contributed by atoms with van der Waals surface area (Å²) in [5.41, 5.74) is 3.62. The van der Waals surface area contributed by atoms with Crippen molar-refractivity contribution in [2.75, 3.05) is 18.0 Å². The molecule has 1 amide bonds. The average Bonchev–Trinajstić information content (AvgIpc) is 3.17. The second kappa shape index (κ2) is 3.83. The number of nitrogens with one attached hydrogen (secondary N) is 1. The number of piperidine rings is 1. The van der Waals surface area contributed by atoms with Crippen molar-refractivity contribution in [3.8, 4) is 0 Å². The van der Waals surface area contributed by atoms with Crippen molar-refractivity contribution in [2.45, 2.75) is 44.1 Å². The van der Waals surface area contributed by atoms with Crippen LogP contribution >= 0.6 is 0 Å². The van der Waals surface area contributed by atoms with Gasteiger partial charge in [-0.25, -0.2) is 0 Å². The van der Waals surface area contributed by atoms with E-state index in [0.29, 0.717) is 11.9 Å². The maximum Gasteiger partial charge on any atom is 0.237 e. The van der Waals surface area contributed by atoms with E-state index in [9.17, 15) is 4.79 Å². The molecule has 4 rings (SSSR count). The molecule has 1 aromatic carbocycles. The first-order chi connectivity index (χ1) is 9.22. The van der Waals surface area contributed by atoms with Crippen LogP contribution < -0.4 is 10.2 Å². The lowest BCUT2D eigenvalue weighted by Gasteiger charge is -2.32. The van der Waals surface area contributed by atoms with Gasteiger partial charge in [-0.3, -0.25) is 4.79 Å². The van der Waals surface area contributed by atoms with Crippen molar-refractivity contribution in [3.05, 3.63) is 29.3 Å². The Morgan fingerprint density at radius 2 is 2.00 bits per heavy atom. The fourth-order valence-electron chi connectivity index (χ4n) is 3.74. The average molecular weight is 256 g/mol. The molecule has 0 radical (unpaired) electrons. The van der Waals surface area contributed by atoms with E-state index < -0.39 is 0 Å². The molecule has 100 valence electrons. The monoisotopic (exact) mass is 256 g/mol. The molecule has 2 heterocycles. The zero-order valence-corrected chi connectivity index (χ0v) is 11.4. The number of carbonyl (C=O) groups excluding carboxylic acids is 1. The van der Waals surface area contributed by atoms with Gasteiger partial charge in [0.2, 0.25) is 5.91 Å². The molecule has 0 bridgehead atoms. The van der Waals surface area contributed by atoms with Crippen LogP contribution in [0.2, 0.25) is 0 Å². The molecule has 19 heavy (non-hydrogen) atoms. The first-order valence-electron chi connectivity index (χ1n) is 7.38. The molecule has 0 atom stereocenters. The quantitative estimate of drug-likeness (QED) is 0.835. The van der Waals surface area contributed by atoms with Gasteiger partial charge in [0.05, 0.1) is 5.41 Å². The van der Waals surface area contributed by atoms with Crippen molar-refractivity contribution in [1.29, 1.82) is 0 Å². The van der Waals surface area contributed by atoms with Gasteiger partial charge in [0, 0.05) is 11.7 Å². The third-order valence-corrected chi connectivity index (χ3v) is 4.98. The number of nitrogens with zero attached hydrogens (tertiary/aromatic N) is 1. The van der Waals surface area contributed by atoms with Crippen LogP contribution in [0, 0.1) is 6.92 Å². The van der Waals surface area contributed by atoms with Crippen LogP contribution in [-0.4, -0.2) is 25.0 Å². The second-order valence-corrected chi connectivity index (χ2v) is 6.26. The van der Waals surface area contributed by atoms with Gasteiger partial charge < -0.3 is 10.2 Å². The maximum atomic E-state index is 12.9. The summed E-state index contributed by atoms with van der Waals surface area (Å²) in [6.45, 7) is 4.18. The molecule has 1 aromatic rings. The van der Waals surface area contributed by atoms with Gasteiger partial charge in [-0.05, 0) is 62.9 Å². The normalized spacial score (nSPS) is 24.9. The molecular formula is C16H20N2O. The third kappa shape index (κ3) is 1.51. The summed E-state index contributed by atoms with van der Waals surface area (Å²) < 4.78 is 0. The predicted molar refractivity (Wildman–Crippen MR) is 75.5 cm³/mol. The third-order valence-electron chi connectivity index (χ3n) is 4.98. The first-order valence-corrected chi connectivity index (χ1v) is 7.38. The minimum atomic E-state index is -0.131. The number of anilines is 1. The standard InChI is InChI=1S/C16H20N2O/c1-11-2-3-13-14(10-11)18(12-4-8-17-9-5-12)15(19)16(13)6-7-16/h2-3,10,12,17H,4-9H2,1H3. The Morgan fingerprint density at radius 1 is 1.26 bits per heavy atom. The van der Waals surface area contributed by atoms with E-state index in [-0.39, 0.29) is 5.41 Å². The van der Waals surface area contributed by atoms with Crippen molar-refractivity contribution in [3.63, 3.8) is 0 Å². The predicted octanol–water partition coefficient (Wildman–Crippen LogP) is 2.13. The molecule has 3 aliphatic rings. The molecule has 1 saturated carbocycles. The van der Waals surface area contributed by atoms with Crippen LogP contribution in [0.15, 0.2) is 18.2 Å². The van der Waals surface area contributed by atoms with Gasteiger partial charge in [-0.2, -0.15) is 0 Å². The number of rotatable bonds is 1. The van der Waals surface area contributed by atoms with Crippen molar-refractivity contribution in [1.82, 2.24) is 5.32 Å². The van der Waals surface area contributed by atoms with Crippen LogP contribution in [0.5, 0.6) is 0 Å². The van der Waals surface area contributed by atoms with Crippen LogP contribution in [-0.2, 0) is 10.2 Å². The van der Waals surface area contributed by atoms with Gasteiger partial charge in [-0.15, -0.1) is 0 Å². The summed E-state index contributed by atoms with van der Waals surface area (Å²) in [5, 5.41) is 3.39. The summed E-state index contributed by atoms with van der Waals surface area (Å²) in [5.74, 6) is 0.375. The fourth-order valence-corrected chi connectivity index (χ4v) is 3.74. The number of fused-ring (bicyclic) bond motifs is 2. The molecule has 1 spiro atoms. The van der Waals surface area contributed by atoms with Gasteiger partial charge >= 0.3 is 0 Å². The lowest BCUT2D eigenvalue weighted by Crippen LogP contribution is -2.46. The fraction of sp³-hybridized carbons (Fsp3) is 0.562. The minimum absolute atomic E-state index is 0.131. The number of hydrogen-bond acceptors (Lipinski definition) is 2. The van der Waals surface area contributed by atoms with E-state index in [1.807, 2.05) is 0 Å². The van der Waals surface area contributed by atoms with Gasteiger partial charge in [0.1, 0.15) is 0 Å². The Hall–Kier alpha value is -1.35. The lowest BCUT2D eigenvalue weighted by molar-refractivity contribution is -0.120. The van der Waals surface area contributed by atoms with Gasteiger partial charge in [0.25, 0.3) is 0 Å². The Kier molecular flexibility index (Phi) is 2.31. The molecule has 0 aromatic heterocycles. The minimum Gasteiger partial charge on any atom is -0.317 e. The zero-order chi connectivity index (χ0) is 13.0. The molecule has 1 aliphatic carbocycles. The van der Waals surface area contributed by atoms with E-state index >= 15 is 0 Å². The zero-order valence-electron chi connectivity index (χ0n) is 11.4. The Labute approximate surface area is 114 Å². The highest BCUT2D eigenvalue weighted by molar-refractivity contribution is 6.10. The first kappa shape index (κ1) is 11.5. The summed E-state index contributed by atoms with van der Waals surface area (Å²) >= 11 is 0. The number of aryl methyl sites for hydroxylation is 1. The van der Waals surface area contributed by atoms with Crippen LogP contribution in [0.1, 0.15) is 36.8 Å². The van der Waals surface area contributed by atoms with Crippen molar-refractivity contribution >= 4 is 11.6 Å². The number of carbonyl (C=O) groups is 1. The molecule has 2 fully saturated rings. The number of hydrogen-bond donors (Lipinski definition) is 1. The molecule has 1 N–H and O–H groups in total. The van der Waals surface area contributed by atoms with E-state index in [1.165, 1.54) is 16.8 Å². The smallest absolute Gasteiger partial charge is 0.237 e. The van der Waals surface area contributed by atoms with Gasteiger partial charge in [-0.1, -0.05) is 12.1 Å². The van der Waals surface area contributed by atoms with E-state index in [4.69, 9.17) is 0 Å². The lowest BCUT2D eigenvalue weighted by atomic mass is 9.97. The summed E-state index contributed by atoms with van der Waals surface area (Å²) in [6, 6.07) is 6.95. The second-order valence-electron chi connectivity index (χ2n) is 6.26. The van der Waals surface area contributed by atoms with Crippen LogP contribution in [0.4, 0.5) is 5.69 Å². The van der Waals surface area contributed by atoms with Crippen LogP contribution in [0.25, 0.3) is 0 Å². The van der Waals surface area contributed by atoms with Crippen molar-refractivity contribution < 1.29 is 4.79 Å². The SMILES string of the molecule is Cc1ccc2c(c1)N(C1CCNCC1)C(=O)C21CC1. The van der Waals surface area contributed by atoms with Crippen LogP contribution in [0.3, 0.4) is 0 Å². The van der Waals surface area contributed by atoms with Crippen molar-refractivity contribution in [2.24, 2.45) is 0 Å². The Morgan fingerprint density at radius 3 is 2.68 bits per heavy atom. The highest BCUT2D eigenvalue weighted by atomic mass is 16.2. The Balaban J connectivity index is 1.79. The molecule has 3 heteroatoms. The Bertz CT molecular complexity index is 542. The summed E-state index contributed by atoms with van der Waals surface area (Å²) in [4.78, 5) is 15.0. The molecule has 0 unspecified atom stereocenters.